The quantitative estimate of drug-likeness (QED) is 0.662. The zero-order valence-electron chi connectivity index (χ0n) is 11.1. The van der Waals surface area contributed by atoms with Gasteiger partial charge in [0.1, 0.15) is 0 Å². The Bertz CT molecular complexity index is 401. The number of nitrogens with one attached hydrogen (secondary N) is 1. The van der Waals surface area contributed by atoms with Crippen LogP contribution in [0.2, 0.25) is 10.0 Å². The minimum absolute atomic E-state index is 0.224. The van der Waals surface area contributed by atoms with E-state index in [9.17, 15) is 0 Å². The molecule has 1 aromatic carbocycles. The second-order valence-corrected chi connectivity index (χ2v) is 5.32. The fourth-order valence-corrected chi connectivity index (χ4v) is 2.37. The van der Waals surface area contributed by atoms with Crippen molar-refractivity contribution in [3.63, 3.8) is 0 Å². The highest BCUT2D eigenvalue weighted by atomic mass is 35.5. The van der Waals surface area contributed by atoms with Gasteiger partial charge in [-0.3, -0.25) is 0 Å². The summed E-state index contributed by atoms with van der Waals surface area (Å²) in [6, 6.07) is 5.91. The fourth-order valence-electron chi connectivity index (χ4n) is 1.83. The van der Waals surface area contributed by atoms with E-state index in [1.54, 1.807) is 6.07 Å². The summed E-state index contributed by atoms with van der Waals surface area (Å²) in [6.07, 6.45) is 3.01. The first-order valence-corrected chi connectivity index (χ1v) is 7.19. The minimum Gasteiger partial charge on any atom is -0.310 e. The Morgan fingerprint density at radius 2 is 2.06 bits per heavy atom. The predicted molar refractivity (Wildman–Crippen MR) is 81.5 cm³/mol. The molecule has 0 aromatic heterocycles. The van der Waals surface area contributed by atoms with E-state index in [1.165, 1.54) is 5.57 Å². The average molecular weight is 286 g/mol. The second-order valence-electron chi connectivity index (χ2n) is 4.48. The largest absolute Gasteiger partial charge is 0.310 e. The Morgan fingerprint density at radius 1 is 1.33 bits per heavy atom. The summed E-state index contributed by atoms with van der Waals surface area (Å²) in [5.41, 5.74) is 2.33. The maximum absolute atomic E-state index is 6.28. The van der Waals surface area contributed by atoms with Crippen molar-refractivity contribution in [2.45, 2.75) is 39.2 Å². The van der Waals surface area contributed by atoms with Gasteiger partial charge in [0.15, 0.2) is 0 Å². The lowest BCUT2D eigenvalue weighted by atomic mass is 9.98. The minimum atomic E-state index is 0.224. The van der Waals surface area contributed by atoms with Gasteiger partial charge < -0.3 is 5.32 Å². The van der Waals surface area contributed by atoms with Gasteiger partial charge in [-0.25, -0.2) is 0 Å². The molecule has 0 aliphatic carbocycles. The highest BCUT2D eigenvalue weighted by molar-refractivity contribution is 6.35. The van der Waals surface area contributed by atoms with Crippen LogP contribution in [0.15, 0.2) is 30.4 Å². The smallest absolute Gasteiger partial charge is 0.0468 e. The van der Waals surface area contributed by atoms with E-state index in [0.717, 1.165) is 36.4 Å². The molecular weight excluding hydrogens is 265 g/mol. The van der Waals surface area contributed by atoms with Crippen LogP contribution in [0.4, 0.5) is 0 Å². The molecule has 0 heterocycles. The molecule has 0 amide bonds. The van der Waals surface area contributed by atoms with Crippen LogP contribution < -0.4 is 5.32 Å². The lowest BCUT2D eigenvalue weighted by Crippen LogP contribution is -2.22. The molecule has 0 spiro atoms. The fraction of sp³-hybridized carbons (Fsp3) is 0.467. The molecular formula is C15H21Cl2N. The zero-order valence-corrected chi connectivity index (χ0v) is 12.6. The summed E-state index contributed by atoms with van der Waals surface area (Å²) in [5.74, 6) is 0. The van der Waals surface area contributed by atoms with Gasteiger partial charge in [-0.05, 0) is 43.5 Å². The van der Waals surface area contributed by atoms with E-state index < -0.39 is 0 Å². The van der Waals surface area contributed by atoms with E-state index in [-0.39, 0.29) is 6.04 Å². The van der Waals surface area contributed by atoms with Crippen molar-refractivity contribution in [2.24, 2.45) is 0 Å². The molecule has 0 bridgehead atoms. The van der Waals surface area contributed by atoms with Crippen molar-refractivity contribution in [1.82, 2.24) is 5.32 Å². The number of benzene rings is 1. The molecule has 0 radical (unpaired) electrons. The van der Waals surface area contributed by atoms with Crippen molar-refractivity contribution < 1.29 is 0 Å². The number of halogens is 2. The van der Waals surface area contributed by atoms with E-state index in [4.69, 9.17) is 23.2 Å². The molecule has 0 saturated heterocycles. The van der Waals surface area contributed by atoms with E-state index in [2.05, 4.69) is 25.7 Å². The molecule has 100 valence electrons. The predicted octanol–water partition coefficient (Wildman–Crippen LogP) is 5.39. The van der Waals surface area contributed by atoms with Crippen LogP contribution in [0.1, 0.15) is 44.7 Å². The normalized spacial score (nSPS) is 12.4. The molecule has 0 saturated carbocycles. The third-order valence-electron chi connectivity index (χ3n) is 2.97. The third-order valence-corrected chi connectivity index (χ3v) is 3.53. The van der Waals surface area contributed by atoms with Gasteiger partial charge in [0.05, 0.1) is 0 Å². The monoisotopic (exact) mass is 285 g/mol. The maximum atomic E-state index is 6.28. The molecule has 1 nitrogen and oxygen atoms in total. The van der Waals surface area contributed by atoms with Gasteiger partial charge in [0, 0.05) is 16.1 Å². The van der Waals surface area contributed by atoms with Gasteiger partial charge in [0.25, 0.3) is 0 Å². The Hall–Kier alpha value is -0.500. The lowest BCUT2D eigenvalue weighted by molar-refractivity contribution is 0.524. The Balaban J connectivity index is 2.89. The first kappa shape index (κ1) is 15.6. The third kappa shape index (κ3) is 4.64. The van der Waals surface area contributed by atoms with Crippen molar-refractivity contribution >= 4 is 23.2 Å². The van der Waals surface area contributed by atoms with Crippen molar-refractivity contribution in [3.05, 3.63) is 46.0 Å². The summed E-state index contributed by atoms with van der Waals surface area (Å²) >= 11 is 12.2. The van der Waals surface area contributed by atoms with Gasteiger partial charge in [-0.15, -0.1) is 0 Å². The molecule has 0 aliphatic heterocycles. The van der Waals surface area contributed by atoms with Crippen molar-refractivity contribution in [2.75, 3.05) is 6.54 Å². The molecule has 1 unspecified atom stereocenters. The molecule has 18 heavy (non-hydrogen) atoms. The molecule has 0 fully saturated rings. The van der Waals surface area contributed by atoms with Crippen LogP contribution in [0.5, 0.6) is 0 Å². The summed E-state index contributed by atoms with van der Waals surface area (Å²) in [5, 5.41) is 4.92. The second kappa shape index (κ2) is 7.83. The average Bonchev–Trinajstić information content (AvgIpc) is 2.34. The number of rotatable bonds is 7. The summed E-state index contributed by atoms with van der Waals surface area (Å²) < 4.78 is 0. The van der Waals surface area contributed by atoms with Crippen LogP contribution in [0.3, 0.4) is 0 Å². The van der Waals surface area contributed by atoms with Crippen LogP contribution in [-0.4, -0.2) is 6.54 Å². The molecule has 1 atom stereocenters. The van der Waals surface area contributed by atoms with Gasteiger partial charge in [0.2, 0.25) is 0 Å². The number of hydrogen-bond acceptors (Lipinski definition) is 1. The zero-order chi connectivity index (χ0) is 13.5. The van der Waals surface area contributed by atoms with E-state index in [0.29, 0.717) is 5.02 Å². The van der Waals surface area contributed by atoms with E-state index in [1.807, 2.05) is 12.1 Å². The Labute approximate surface area is 120 Å². The summed E-state index contributed by atoms with van der Waals surface area (Å²) in [4.78, 5) is 0. The van der Waals surface area contributed by atoms with Crippen LogP contribution in [-0.2, 0) is 0 Å². The Morgan fingerprint density at radius 3 is 2.61 bits per heavy atom. The SMILES string of the molecule is C=C(CC)CC(NCCC)c1ccc(Cl)cc1Cl. The van der Waals surface area contributed by atoms with Crippen LogP contribution in [0.25, 0.3) is 0 Å². The van der Waals surface area contributed by atoms with E-state index >= 15 is 0 Å². The summed E-state index contributed by atoms with van der Waals surface area (Å²) in [7, 11) is 0. The maximum Gasteiger partial charge on any atom is 0.0468 e. The topological polar surface area (TPSA) is 12.0 Å². The Kier molecular flexibility index (Phi) is 6.77. The van der Waals surface area contributed by atoms with Crippen LogP contribution >= 0.6 is 23.2 Å². The van der Waals surface area contributed by atoms with Crippen LogP contribution in [0, 0.1) is 0 Å². The van der Waals surface area contributed by atoms with Gasteiger partial charge >= 0.3 is 0 Å². The highest BCUT2D eigenvalue weighted by Gasteiger charge is 2.15. The highest BCUT2D eigenvalue weighted by Crippen LogP contribution is 2.30. The molecule has 1 N–H and O–H groups in total. The molecule has 1 aromatic rings. The lowest BCUT2D eigenvalue weighted by Gasteiger charge is -2.21. The first-order valence-electron chi connectivity index (χ1n) is 6.43. The van der Waals surface area contributed by atoms with Crippen molar-refractivity contribution in [3.8, 4) is 0 Å². The molecule has 3 heteroatoms. The molecule has 0 aliphatic rings. The standard InChI is InChI=1S/C15H21Cl2N/c1-4-8-18-15(9-11(3)5-2)13-7-6-12(16)10-14(13)17/h6-7,10,15,18H,3-5,8-9H2,1-2H3. The number of hydrogen-bond donors (Lipinski definition) is 1. The van der Waals surface area contributed by atoms with Gasteiger partial charge in [-0.1, -0.05) is 55.3 Å². The molecule has 1 rings (SSSR count). The van der Waals surface area contributed by atoms with Crippen molar-refractivity contribution in [1.29, 1.82) is 0 Å². The summed E-state index contributed by atoms with van der Waals surface area (Å²) in [6.45, 7) is 9.34. The first-order chi connectivity index (χ1) is 8.58. The van der Waals surface area contributed by atoms with Gasteiger partial charge in [-0.2, -0.15) is 0 Å².